The molecule has 0 atom stereocenters. The highest BCUT2D eigenvalue weighted by atomic mass is 35.5. The summed E-state index contributed by atoms with van der Waals surface area (Å²) in [7, 11) is 0. The highest BCUT2D eigenvalue weighted by molar-refractivity contribution is 6.32. The Morgan fingerprint density at radius 2 is 2.15 bits per heavy atom. The fourth-order valence-electron chi connectivity index (χ4n) is 1.49. The number of pyridine rings is 1. The first-order chi connectivity index (χ1) is 9.70. The summed E-state index contributed by atoms with van der Waals surface area (Å²) in [5.74, 6) is -0.0184. The number of ether oxygens (including phenoxy) is 1. The first-order valence-electron chi connectivity index (χ1n) is 5.73. The van der Waals surface area contributed by atoms with Crippen molar-refractivity contribution in [2.75, 3.05) is 11.9 Å². The van der Waals surface area contributed by atoms with Gasteiger partial charge in [-0.05, 0) is 24.3 Å². The maximum atomic E-state index is 11.7. The number of benzene rings is 1. The molecule has 1 amide bonds. The molecule has 0 aliphatic heterocycles. The van der Waals surface area contributed by atoms with Gasteiger partial charge in [-0.15, -0.1) is 0 Å². The van der Waals surface area contributed by atoms with Gasteiger partial charge in [0, 0.05) is 6.20 Å². The molecular formula is C14H10ClN3O2. The van der Waals surface area contributed by atoms with E-state index in [1.54, 1.807) is 36.4 Å². The lowest BCUT2D eigenvalue weighted by Crippen LogP contribution is -2.20. The van der Waals surface area contributed by atoms with Gasteiger partial charge in [-0.1, -0.05) is 23.7 Å². The number of halogens is 1. The fourth-order valence-corrected chi connectivity index (χ4v) is 1.66. The molecule has 20 heavy (non-hydrogen) atoms. The number of rotatable bonds is 4. The van der Waals surface area contributed by atoms with Crippen LogP contribution in [0.1, 0.15) is 5.56 Å². The second-order valence-corrected chi connectivity index (χ2v) is 4.14. The molecule has 1 heterocycles. The van der Waals surface area contributed by atoms with Crippen LogP contribution >= 0.6 is 11.6 Å². The monoisotopic (exact) mass is 287 g/mol. The molecule has 0 aliphatic rings. The van der Waals surface area contributed by atoms with Crippen molar-refractivity contribution in [3.63, 3.8) is 0 Å². The third kappa shape index (κ3) is 3.46. The van der Waals surface area contributed by atoms with Crippen molar-refractivity contribution in [3.05, 3.63) is 53.3 Å². The molecule has 0 saturated carbocycles. The summed E-state index contributed by atoms with van der Waals surface area (Å²) in [6.07, 6.45) is 1.53. The van der Waals surface area contributed by atoms with Crippen molar-refractivity contribution in [2.45, 2.75) is 0 Å². The molecule has 1 aromatic heterocycles. The molecule has 0 unspecified atom stereocenters. The Balaban J connectivity index is 1.96. The number of para-hydroxylation sites is 1. The molecule has 1 N–H and O–H groups in total. The molecule has 1 aromatic carbocycles. The average Bonchev–Trinajstić information content (AvgIpc) is 2.48. The number of nitrogens with zero attached hydrogens (tertiary/aromatic N) is 2. The molecule has 0 spiro atoms. The van der Waals surface area contributed by atoms with Gasteiger partial charge in [0.1, 0.15) is 11.8 Å². The Morgan fingerprint density at radius 1 is 1.35 bits per heavy atom. The quantitative estimate of drug-likeness (QED) is 0.877. The van der Waals surface area contributed by atoms with Crippen LogP contribution in [0.4, 0.5) is 5.69 Å². The average molecular weight is 288 g/mol. The van der Waals surface area contributed by atoms with Gasteiger partial charge in [0.15, 0.2) is 11.8 Å². The lowest BCUT2D eigenvalue weighted by atomic mass is 10.2. The first kappa shape index (κ1) is 13.8. The van der Waals surface area contributed by atoms with Crippen molar-refractivity contribution < 1.29 is 9.53 Å². The zero-order valence-corrected chi connectivity index (χ0v) is 11.1. The minimum atomic E-state index is -0.382. The number of nitriles is 1. The zero-order chi connectivity index (χ0) is 14.4. The van der Waals surface area contributed by atoms with E-state index in [0.29, 0.717) is 17.0 Å². The standard InChI is InChI=1S/C14H10ClN3O2/c15-14-11(5-3-7-17-14)18-13(19)9-20-12-6-2-1-4-10(12)8-16/h1-7H,9H2,(H,18,19). The number of carbonyl (C=O) groups is 1. The van der Waals surface area contributed by atoms with Gasteiger partial charge in [0.2, 0.25) is 0 Å². The van der Waals surface area contributed by atoms with Crippen molar-refractivity contribution in [1.29, 1.82) is 5.26 Å². The van der Waals surface area contributed by atoms with Gasteiger partial charge < -0.3 is 10.1 Å². The summed E-state index contributed by atoms with van der Waals surface area (Å²) in [6.45, 7) is -0.218. The molecule has 0 bridgehead atoms. The van der Waals surface area contributed by atoms with E-state index in [1.807, 2.05) is 6.07 Å². The molecule has 5 nitrogen and oxygen atoms in total. The van der Waals surface area contributed by atoms with E-state index >= 15 is 0 Å². The lowest BCUT2D eigenvalue weighted by Gasteiger charge is -2.08. The Morgan fingerprint density at radius 3 is 2.90 bits per heavy atom. The van der Waals surface area contributed by atoms with Crippen LogP contribution in [-0.2, 0) is 4.79 Å². The van der Waals surface area contributed by atoms with E-state index in [1.165, 1.54) is 6.20 Å². The Hall–Kier alpha value is -2.58. The summed E-state index contributed by atoms with van der Waals surface area (Å²) < 4.78 is 5.30. The number of hydrogen-bond acceptors (Lipinski definition) is 4. The fraction of sp³-hybridized carbons (Fsp3) is 0.0714. The highest BCUT2D eigenvalue weighted by Crippen LogP contribution is 2.18. The van der Waals surface area contributed by atoms with Gasteiger partial charge >= 0.3 is 0 Å². The van der Waals surface area contributed by atoms with Crippen molar-refractivity contribution in [1.82, 2.24) is 4.98 Å². The maximum Gasteiger partial charge on any atom is 0.262 e. The van der Waals surface area contributed by atoms with Gasteiger partial charge in [-0.2, -0.15) is 5.26 Å². The summed E-state index contributed by atoms with van der Waals surface area (Å²) in [6, 6.07) is 12.0. The first-order valence-corrected chi connectivity index (χ1v) is 6.11. The Labute approximate surface area is 120 Å². The summed E-state index contributed by atoms with van der Waals surface area (Å²) in [5.41, 5.74) is 0.788. The Bertz CT molecular complexity index is 667. The molecule has 6 heteroatoms. The normalized spacial score (nSPS) is 9.60. The molecule has 100 valence electrons. The zero-order valence-electron chi connectivity index (χ0n) is 10.3. The van der Waals surface area contributed by atoms with Gasteiger partial charge in [0.05, 0.1) is 11.3 Å². The lowest BCUT2D eigenvalue weighted by molar-refractivity contribution is -0.118. The van der Waals surface area contributed by atoms with Crippen LogP contribution in [-0.4, -0.2) is 17.5 Å². The van der Waals surface area contributed by atoms with Crippen LogP contribution in [0.25, 0.3) is 0 Å². The minimum absolute atomic E-state index is 0.207. The largest absolute Gasteiger partial charge is 0.482 e. The highest BCUT2D eigenvalue weighted by Gasteiger charge is 2.08. The smallest absolute Gasteiger partial charge is 0.262 e. The predicted molar refractivity (Wildman–Crippen MR) is 74.5 cm³/mol. The second-order valence-electron chi connectivity index (χ2n) is 3.79. The van der Waals surface area contributed by atoms with Crippen LogP contribution in [0, 0.1) is 11.3 Å². The number of aromatic nitrogens is 1. The predicted octanol–water partition coefficient (Wildman–Crippen LogP) is 2.62. The van der Waals surface area contributed by atoms with Crippen molar-refractivity contribution >= 4 is 23.2 Å². The molecule has 0 fully saturated rings. The molecule has 2 rings (SSSR count). The number of hydrogen-bond donors (Lipinski definition) is 1. The SMILES string of the molecule is N#Cc1ccccc1OCC(=O)Nc1cccnc1Cl. The van der Waals surface area contributed by atoms with Crippen LogP contribution in [0.15, 0.2) is 42.6 Å². The van der Waals surface area contributed by atoms with Gasteiger partial charge in [0.25, 0.3) is 5.91 Å². The summed E-state index contributed by atoms with van der Waals surface area (Å²) >= 11 is 5.82. The van der Waals surface area contributed by atoms with E-state index < -0.39 is 0 Å². The number of nitrogens with one attached hydrogen (secondary N) is 1. The summed E-state index contributed by atoms with van der Waals surface area (Å²) in [4.78, 5) is 15.6. The Kier molecular flexibility index (Phi) is 4.53. The number of amides is 1. The minimum Gasteiger partial charge on any atom is -0.482 e. The van der Waals surface area contributed by atoms with Crippen LogP contribution in [0.2, 0.25) is 5.15 Å². The van der Waals surface area contributed by atoms with Crippen LogP contribution < -0.4 is 10.1 Å². The van der Waals surface area contributed by atoms with E-state index in [9.17, 15) is 4.79 Å². The van der Waals surface area contributed by atoms with E-state index in [2.05, 4.69) is 10.3 Å². The third-order valence-electron chi connectivity index (χ3n) is 2.40. The van der Waals surface area contributed by atoms with Crippen molar-refractivity contribution in [3.8, 4) is 11.8 Å². The molecular weight excluding hydrogens is 278 g/mol. The second kappa shape index (κ2) is 6.55. The summed E-state index contributed by atoms with van der Waals surface area (Å²) in [5, 5.41) is 11.7. The van der Waals surface area contributed by atoms with E-state index in [-0.39, 0.29) is 17.7 Å². The third-order valence-corrected chi connectivity index (χ3v) is 2.70. The van der Waals surface area contributed by atoms with E-state index in [4.69, 9.17) is 21.6 Å². The number of carbonyl (C=O) groups excluding carboxylic acids is 1. The molecule has 0 saturated heterocycles. The van der Waals surface area contributed by atoms with E-state index in [0.717, 1.165) is 0 Å². The maximum absolute atomic E-state index is 11.7. The van der Waals surface area contributed by atoms with Crippen molar-refractivity contribution in [2.24, 2.45) is 0 Å². The topological polar surface area (TPSA) is 75.0 Å². The molecule has 0 radical (unpaired) electrons. The molecule has 2 aromatic rings. The molecule has 0 aliphatic carbocycles. The van der Waals surface area contributed by atoms with Crippen LogP contribution in [0.3, 0.4) is 0 Å². The van der Waals surface area contributed by atoms with Gasteiger partial charge in [-0.25, -0.2) is 4.98 Å². The van der Waals surface area contributed by atoms with Crippen LogP contribution in [0.5, 0.6) is 5.75 Å². The number of anilines is 1. The van der Waals surface area contributed by atoms with Gasteiger partial charge in [-0.3, -0.25) is 4.79 Å².